The third kappa shape index (κ3) is 2.27. The minimum absolute atomic E-state index is 0. The number of fused-ring (bicyclic) bond motifs is 3. The van der Waals surface area contributed by atoms with Gasteiger partial charge in [-0.25, -0.2) is 4.98 Å². The number of imidazole rings is 1. The second-order valence-electron chi connectivity index (χ2n) is 4.28. The number of carboxylic acid groups (broad SMARTS) is 1. The molecule has 5 nitrogen and oxygen atoms in total. The molecule has 1 aliphatic rings. The Kier molecular flexibility index (Phi) is 3.70. The van der Waals surface area contributed by atoms with Crippen molar-refractivity contribution >= 4 is 5.97 Å². The Labute approximate surface area is 122 Å². The fourth-order valence-corrected chi connectivity index (χ4v) is 2.24. The van der Waals surface area contributed by atoms with E-state index in [1.54, 1.807) is 24.7 Å². The van der Waals surface area contributed by atoms with E-state index in [0.29, 0.717) is 13.2 Å². The van der Waals surface area contributed by atoms with E-state index in [4.69, 9.17) is 4.74 Å². The Hall–Kier alpha value is -1.70. The number of benzene rings is 1. The molecule has 0 saturated carbocycles. The first-order valence-electron chi connectivity index (χ1n) is 5.66. The molecule has 0 bridgehead atoms. The molecular weight excluding hydrogens is 239 g/mol. The Balaban J connectivity index is 0.00000133. The number of nitrogens with zero attached hydrogens (tertiary/aromatic N) is 2. The van der Waals surface area contributed by atoms with Crippen LogP contribution in [0.5, 0.6) is 5.75 Å². The van der Waals surface area contributed by atoms with Crippen molar-refractivity contribution in [3.63, 3.8) is 0 Å². The van der Waals surface area contributed by atoms with Gasteiger partial charge in [0.15, 0.2) is 0 Å². The fourth-order valence-electron chi connectivity index (χ4n) is 2.24. The van der Waals surface area contributed by atoms with Gasteiger partial charge >= 0.3 is 18.9 Å². The molecule has 1 aromatic heterocycles. The maximum atomic E-state index is 11.0. The van der Waals surface area contributed by atoms with Crippen LogP contribution in [0.15, 0.2) is 24.7 Å². The molecule has 6 heteroatoms. The van der Waals surface area contributed by atoms with E-state index in [9.17, 15) is 9.90 Å². The van der Waals surface area contributed by atoms with Gasteiger partial charge in [-0.3, -0.25) is 0 Å². The summed E-state index contributed by atoms with van der Waals surface area (Å²) in [6, 6.07) is 3.15. The van der Waals surface area contributed by atoms with E-state index < -0.39 is 5.97 Å². The van der Waals surface area contributed by atoms with Crippen molar-refractivity contribution in [2.24, 2.45) is 0 Å². The van der Waals surface area contributed by atoms with Gasteiger partial charge in [-0.05, 0) is 30.2 Å². The standard InChI is InChI=1S/C13H12N2O3.Li/c1-8-4-9(13(16)17)5-10-11-6-14-7-15(11)2-3-18-12(8)10;/h4-7H,2-3H2,1H3,(H,16,17);/q;+1/p-1. The van der Waals surface area contributed by atoms with Crippen molar-refractivity contribution in [2.45, 2.75) is 13.5 Å². The molecule has 2 heterocycles. The van der Waals surface area contributed by atoms with Crippen molar-refractivity contribution < 1.29 is 33.5 Å². The Morgan fingerprint density at radius 2 is 2.26 bits per heavy atom. The Morgan fingerprint density at radius 1 is 1.47 bits per heavy atom. The predicted octanol–water partition coefficient (Wildman–Crippen LogP) is -2.38. The van der Waals surface area contributed by atoms with E-state index >= 15 is 0 Å². The van der Waals surface area contributed by atoms with Crippen LogP contribution in [0.1, 0.15) is 15.9 Å². The quantitative estimate of drug-likeness (QED) is 0.530. The van der Waals surface area contributed by atoms with Crippen LogP contribution in [0.2, 0.25) is 0 Å². The second-order valence-corrected chi connectivity index (χ2v) is 4.28. The number of aromatic carboxylic acids is 1. The molecular formula is C13H11LiN2O3. The number of rotatable bonds is 1. The number of hydrogen-bond acceptors (Lipinski definition) is 4. The van der Waals surface area contributed by atoms with Crippen LogP contribution < -0.4 is 28.7 Å². The maximum absolute atomic E-state index is 11.0. The number of ether oxygens (including phenoxy) is 1. The van der Waals surface area contributed by atoms with Crippen LogP contribution >= 0.6 is 0 Å². The molecule has 0 aliphatic carbocycles. The van der Waals surface area contributed by atoms with Gasteiger partial charge in [0.25, 0.3) is 0 Å². The molecule has 92 valence electrons. The van der Waals surface area contributed by atoms with Crippen LogP contribution in [0.4, 0.5) is 0 Å². The topological polar surface area (TPSA) is 67.2 Å². The Morgan fingerprint density at radius 3 is 3.00 bits per heavy atom. The molecule has 0 N–H and O–H groups in total. The zero-order valence-electron chi connectivity index (χ0n) is 10.8. The van der Waals surface area contributed by atoms with E-state index in [1.165, 1.54) is 0 Å². The SMILES string of the molecule is Cc1cc(C(=O)[O-])cc2c1OCCn1cncc1-2.[Li+]. The zero-order valence-corrected chi connectivity index (χ0v) is 10.8. The van der Waals surface area contributed by atoms with Gasteiger partial charge in [0.2, 0.25) is 0 Å². The average Bonchev–Trinajstić information content (AvgIpc) is 2.72. The van der Waals surface area contributed by atoms with Crippen LogP contribution in [-0.2, 0) is 6.54 Å². The molecule has 1 aliphatic heterocycles. The molecule has 0 spiro atoms. The van der Waals surface area contributed by atoms with Crippen molar-refractivity contribution in [3.8, 4) is 17.0 Å². The Bertz CT molecular complexity index is 637. The van der Waals surface area contributed by atoms with Crippen molar-refractivity contribution in [1.29, 1.82) is 0 Å². The number of aryl methyl sites for hydroxylation is 1. The largest absolute Gasteiger partial charge is 1.00 e. The third-order valence-corrected chi connectivity index (χ3v) is 3.08. The molecule has 0 radical (unpaired) electrons. The van der Waals surface area contributed by atoms with Crippen LogP contribution in [0, 0.1) is 6.92 Å². The van der Waals surface area contributed by atoms with Gasteiger partial charge in [-0.2, -0.15) is 0 Å². The summed E-state index contributed by atoms with van der Waals surface area (Å²) in [4.78, 5) is 15.1. The number of hydrogen-bond donors (Lipinski definition) is 0. The minimum atomic E-state index is -1.18. The first-order chi connectivity index (χ1) is 8.66. The van der Waals surface area contributed by atoms with Gasteiger partial charge in [-0.15, -0.1) is 0 Å². The minimum Gasteiger partial charge on any atom is -0.545 e. The molecule has 0 atom stereocenters. The predicted molar refractivity (Wildman–Crippen MR) is 62.2 cm³/mol. The summed E-state index contributed by atoms with van der Waals surface area (Å²) in [6.07, 6.45) is 3.43. The smallest absolute Gasteiger partial charge is 0.545 e. The summed E-state index contributed by atoms with van der Waals surface area (Å²) in [5.41, 5.74) is 2.57. The molecule has 3 rings (SSSR count). The van der Waals surface area contributed by atoms with Gasteiger partial charge in [0.1, 0.15) is 12.4 Å². The molecule has 1 aromatic carbocycles. The van der Waals surface area contributed by atoms with Crippen molar-refractivity contribution in [2.75, 3.05) is 6.61 Å². The zero-order chi connectivity index (χ0) is 12.7. The maximum Gasteiger partial charge on any atom is 1.00 e. The molecule has 0 saturated heterocycles. The fraction of sp³-hybridized carbons (Fsp3) is 0.231. The number of carboxylic acids is 1. The van der Waals surface area contributed by atoms with E-state index in [-0.39, 0.29) is 24.4 Å². The summed E-state index contributed by atoms with van der Waals surface area (Å²) >= 11 is 0. The first kappa shape index (κ1) is 13.7. The molecule has 19 heavy (non-hydrogen) atoms. The van der Waals surface area contributed by atoms with Crippen molar-refractivity contribution in [1.82, 2.24) is 9.55 Å². The van der Waals surface area contributed by atoms with Gasteiger partial charge in [0.05, 0.1) is 30.7 Å². The van der Waals surface area contributed by atoms with E-state index in [2.05, 4.69) is 4.98 Å². The summed E-state index contributed by atoms with van der Waals surface area (Å²) in [5.74, 6) is -0.463. The normalized spacial score (nSPS) is 12.5. The summed E-state index contributed by atoms with van der Waals surface area (Å²) in [7, 11) is 0. The van der Waals surface area contributed by atoms with Crippen LogP contribution in [0.3, 0.4) is 0 Å². The van der Waals surface area contributed by atoms with Crippen LogP contribution in [-0.4, -0.2) is 22.1 Å². The molecule has 0 unspecified atom stereocenters. The number of carbonyl (C=O) groups excluding carboxylic acids is 1. The van der Waals surface area contributed by atoms with Gasteiger partial charge < -0.3 is 19.2 Å². The summed E-state index contributed by atoms with van der Waals surface area (Å²) in [5, 5.41) is 11.0. The molecule has 2 aromatic rings. The molecule has 0 amide bonds. The second kappa shape index (κ2) is 5.12. The number of carbonyl (C=O) groups is 1. The summed E-state index contributed by atoms with van der Waals surface area (Å²) < 4.78 is 7.64. The third-order valence-electron chi connectivity index (χ3n) is 3.08. The van der Waals surface area contributed by atoms with Crippen molar-refractivity contribution in [3.05, 3.63) is 35.8 Å². The van der Waals surface area contributed by atoms with Gasteiger partial charge in [0, 0.05) is 5.56 Å². The van der Waals surface area contributed by atoms with Gasteiger partial charge in [-0.1, -0.05) is 0 Å². The monoisotopic (exact) mass is 250 g/mol. The summed E-state index contributed by atoms with van der Waals surface area (Å²) in [6.45, 7) is 3.07. The van der Waals surface area contributed by atoms with E-state index in [0.717, 1.165) is 22.6 Å². The van der Waals surface area contributed by atoms with Crippen LogP contribution in [0.25, 0.3) is 11.3 Å². The first-order valence-corrected chi connectivity index (χ1v) is 5.66. The number of aromatic nitrogens is 2. The average molecular weight is 250 g/mol. The van der Waals surface area contributed by atoms with E-state index in [1.807, 2.05) is 11.5 Å². The molecule has 0 fully saturated rings.